The van der Waals surface area contributed by atoms with Gasteiger partial charge in [-0.05, 0) is 74.9 Å². The van der Waals surface area contributed by atoms with Crippen LogP contribution < -0.4 is 20.3 Å². The highest BCUT2D eigenvalue weighted by molar-refractivity contribution is 8.01. The van der Waals surface area contributed by atoms with Crippen LogP contribution in [0.4, 0.5) is 16.2 Å². The van der Waals surface area contributed by atoms with Gasteiger partial charge in [0.1, 0.15) is 16.0 Å². The minimum absolute atomic E-state index is 0.127. The first-order chi connectivity index (χ1) is 18.4. The molecule has 38 heavy (non-hydrogen) atoms. The number of benzene rings is 1. The van der Waals surface area contributed by atoms with Crippen molar-refractivity contribution in [3.8, 4) is 5.75 Å². The molecule has 4 amide bonds. The number of urea groups is 1. The second-order valence-electron chi connectivity index (χ2n) is 10.3. The number of thioether (sulfide) groups is 1. The predicted octanol–water partition coefficient (Wildman–Crippen LogP) is 3.99. The summed E-state index contributed by atoms with van der Waals surface area (Å²) in [6, 6.07) is 6.73. The summed E-state index contributed by atoms with van der Waals surface area (Å²) in [5.41, 5.74) is 3.29. The summed E-state index contributed by atoms with van der Waals surface area (Å²) in [6.45, 7) is 6.65. The van der Waals surface area contributed by atoms with E-state index in [0.717, 1.165) is 59.0 Å². The first-order valence-electron chi connectivity index (χ1n) is 13.2. The van der Waals surface area contributed by atoms with Gasteiger partial charge in [0.2, 0.25) is 11.8 Å². The molecule has 0 radical (unpaired) electrons. The third-order valence-electron chi connectivity index (χ3n) is 7.78. The lowest BCUT2D eigenvalue weighted by Gasteiger charge is -2.36. The van der Waals surface area contributed by atoms with Crippen molar-refractivity contribution in [1.29, 1.82) is 0 Å². The fourth-order valence-corrected chi connectivity index (χ4v) is 6.84. The van der Waals surface area contributed by atoms with E-state index in [2.05, 4.69) is 22.2 Å². The normalized spacial score (nSPS) is 24.2. The van der Waals surface area contributed by atoms with Gasteiger partial charge >= 0.3 is 6.03 Å². The topological polar surface area (TPSA) is 104 Å². The van der Waals surface area contributed by atoms with Crippen LogP contribution in [0.5, 0.6) is 5.75 Å². The van der Waals surface area contributed by atoms with Gasteiger partial charge in [-0.15, -0.1) is 0 Å². The Bertz CT molecular complexity index is 1310. The molecule has 6 rings (SSSR count). The molecule has 0 bridgehead atoms. The molecule has 4 aliphatic rings. The number of ether oxygens (including phenoxy) is 1. The largest absolute Gasteiger partial charge is 0.490 e. The Labute approximate surface area is 226 Å². The third kappa shape index (κ3) is 4.40. The van der Waals surface area contributed by atoms with Crippen LogP contribution >= 0.6 is 11.8 Å². The number of hydrogen-bond donors (Lipinski definition) is 2. The maximum Gasteiger partial charge on any atom is 0.327 e. The maximum atomic E-state index is 13.5. The summed E-state index contributed by atoms with van der Waals surface area (Å²) in [7, 11) is 0. The van der Waals surface area contributed by atoms with Crippen LogP contribution in [0.25, 0.3) is 0 Å². The highest BCUT2D eigenvalue weighted by Crippen LogP contribution is 2.51. The minimum Gasteiger partial charge on any atom is -0.490 e. The summed E-state index contributed by atoms with van der Waals surface area (Å²) in [6.07, 6.45) is 8.25. The van der Waals surface area contributed by atoms with Gasteiger partial charge < -0.3 is 20.3 Å². The zero-order chi connectivity index (χ0) is 26.4. The number of amides is 4. The predicted molar refractivity (Wildman–Crippen MR) is 145 cm³/mol. The minimum atomic E-state index is -0.547. The van der Waals surface area contributed by atoms with Gasteiger partial charge in [0.05, 0.1) is 23.5 Å². The molecule has 1 saturated carbocycles. The number of piperidine rings is 1. The van der Waals surface area contributed by atoms with Crippen LogP contribution in [0.3, 0.4) is 0 Å². The second kappa shape index (κ2) is 9.98. The van der Waals surface area contributed by atoms with Crippen LogP contribution in [-0.4, -0.2) is 58.2 Å². The lowest BCUT2D eigenvalue weighted by molar-refractivity contribution is -0.129. The van der Waals surface area contributed by atoms with E-state index in [1.54, 1.807) is 16.0 Å². The molecule has 3 atom stereocenters. The van der Waals surface area contributed by atoms with Gasteiger partial charge in [-0.2, -0.15) is 0 Å². The average molecular weight is 534 g/mol. The average Bonchev–Trinajstić information content (AvgIpc) is 3.26. The van der Waals surface area contributed by atoms with Gasteiger partial charge in [0.15, 0.2) is 0 Å². The van der Waals surface area contributed by atoms with Crippen LogP contribution in [0.1, 0.15) is 49.3 Å². The van der Waals surface area contributed by atoms with Gasteiger partial charge in [0, 0.05) is 30.9 Å². The molecule has 1 aromatic heterocycles. The van der Waals surface area contributed by atoms with Crippen molar-refractivity contribution < 1.29 is 19.1 Å². The number of nitrogens with zero attached hydrogens (tertiary/aromatic N) is 3. The van der Waals surface area contributed by atoms with Crippen LogP contribution in [0, 0.1) is 6.92 Å². The Balaban J connectivity index is 1.22. The van der Waals surface area contributed by atoms with Crippen molar-refractivity contribution in [2.24, 2.45) is 0 Å². The molecule has 1 saturated heterocycles. The smallest absolute Gasteiger partial charge is 0.327 e. The van der Waals surface area contributed by atoms with Crippen LogP contribution in [0.15, 0.2) is 48.1 Å². The number of pyridine rings is 1. The number of aryl methyl sites for hydroxylation is 1. The molecule has 4 heterocycles. The summed E-state index contributed by atoms with van der Waals surface area (Å²) < 4.78 is 6.04. The quantitative estimate of drug-likeness (QED) is 0.545. The standard InChI is InChI=1S/C28H31N5O4S/c1-3-22(34)32-13-5-6-17(15-32)30-26(35)25-24-23-21(11-12-29-27(23)38-25)33(28(36)31-24)20-10-9-19(14-16(20)2)37-18-7-4-8-18/h3,9-12,14,17-18,24-25H,1,4-8,13,15H2,2H3,(H,30,35)(H,31,36)/t17?,24?,25-/m1/s1. The van der Waals surface area contributed by atoms with Crippen molar-refractivity contribution in [2.45, 2.75) is 67.5 Å². The van der Waals surface area contributed by atoms with Crippen molar-refractivity contribution in [3.63, 3.8) is 0 Å². The second-order valence-corrected chi connectivity index (χ2v) is 11.4. The van der Waals surface area contributed by atoms with E-state index in [1.165, 1.54) is 24.3 Å². The molecule has 2 unspecified atom stereocenters. The number of rotatable bonds is 6. The number of hydrogen-bond acceptors (Lipinski definition) is 6. The van der Waals surface area contributed by atoms with Crippen molar-refractivity contribution >= 4 is 41.0 Å². The molecule has 2 N–H and O–H groups in total. The number of likely N-dealkylation sites (tertiary alicyclic amines) is 1. The first kappa shape index (κ1) is 24.8. The van der Waals surface area contributed by atoms with E-state index in [9.17, 15) is 14.4 Å². The van der Waals surface area contributed by atoms with Gasteiger partial charge in [-0.3, -0.25) is 14.5 Å². The molecule has 3 aliphatic heterocycles. The lowest BCUT2D eigenvalue weighted by atomic mass is 9.96. The Morgan fingerprint density at radius 2 is 2.05 bits per heavy atom. The molecule has 198 valence electrons. The van der Waals surface area contributed by atoms with E-state index in [0.29, 0.717) is 13.1 Å². The molecule has 2 aromatic rings. The Morgan fingerprint density at radius 1 is 1.21 bits per heavy atom. The molecule has 2 fully saturated rings. The number of carbonyl (C=O) groups is 3. The number of anilines is 2. The van der Waals surface area contributed by atoms with Crippen molar-refractivity contribution in [3.05, 3.63) is 54.2 Å². The van der Waals surface area contributed by atoms with E-state index in [1.807, 2.05) is 31.2 Å². The highest BCUT2D eigenvalue weighted by Gasteiger charge is 2.47. The molecule has 0 spiro atoms. The Hall–Kier alpha value is -3.53. The van der Waals surface area contributed by atoms with Gasteiger partial charge in [-0.1, -0.05) is 18.3 Å². The van der Waals surface area contributed by atoms with E-state index in [4.69, 9.17) is 4.74 Å². The molecular formula is C28H31N5O4S. The first-order valence-corrected chi connectivity index (χ1v) is 14.1. The summed E-state index contributed by atoms with van der Waals surface area (Å²) >= 11 is 1.37. The Morgan fingerprint density at radius 3 is 2.79 bits per heavy atom. The molecule has 9 nitrogen and oxygen atoms in total. The fourth-order valence-electron chi connectivity index (χ4n) is 5.61. The number of nitrogens with one attached hydrogen (secondary N) is 2. The molecule has 1 aromatic carbocycles. The third-order valence-corrected chi connectivity index (χ3v) is 9.07. The molecular weight excluding hydrogens is 502 g/mol. The Kier molecular flexibility index (Phi) is 6.51. The van der Waals surface area contributed by atoms with Gasteiger partial charge in [0.25, 0.3) is 0 Å². The number of carbonyl (C=O) groups excluding carboxylic acids is 3. The monoisotopic (exact) mass is 533 g/mol. The SMILES string of the molecule is C=CC(=O)N1CCCC(NC(=O)[C@@H]2Sc3nccc4c3C2NC(=O)N4c2ccc(OC3CCC3)cc2C)C1. The molecule has 1 aliphatic carbocycles. The van der Waals surface area contributed by atoms with E-state index in [-0.39, 0.29) is 30.0 Å². The maximum absolute atomic E-state index is 13.5. The highest BCUT2D eigenvalue weighted by atomic mass is 32.2. The van der Waals surface area contributed by atoms with Crippen molar-refractivity contribution in [2.75, 3.05) is 18.0 Å². The van der Waals surface area contributed by atoms with Crippen molar-refractivity contribution in [1.82, 2.24) is 20.5 Å². The fraction of sp³-hybridized carbons (Fsp3) is 0.429. The van der Waals surface area contributed by atoms with E-state index >= 15 is 0 Å². The summed E-state index contributed by atoms with van der Waals surface area (Å²) in [5.74, 6) is 0.525. The zero-order valence-corrected chi connectivity index (χ0v) is 22.1. The lowest BCUT2D eigenvalue weighted by Crippen LogP contribution is -2.53. The summed E-state index contributed by atoms with van der Waals surface area (Å²) in [5, 5.41) is 6.39. The zero-order valence-electron chi connectivity index (χ0n) is 21.3. The number of aromatic nitrogens is 1. The van der Waals surface area contributed by atoms with Gasteiger partial charge in [-0.25, -0.2) is 9.78 Å². The van der Waals surface area contributed by atoms with Crippen LogP contribution in [0.2, 0.25) is 0 Å². The van der Waals surface area contributed by atoms with Crippen LogP contribution in [-0.2, 0) is 9.59 Å². The van der Waals surface area contributed by atoms with E-state index < -0.39 is 11.3 Å². The summed E-state index contributed by atoms with van der Waals surface area (Å²) in [4.78, 5) is 46.9. The molecule has 10 heteroatoms.